The SMILES string of the molecule is CC1CN(c2ccc(C=O)c3nsnc23)CC(C)N1.CNc1cn2cc(C)nc2c(OC)n1. The van der Waals surface area contributed by atoms with Gasteiger partial charge in [-0.15, -0.1) is 0 Å². The molecule has 2 N–H and O–H groups in total. The summed E-state index contributed by atoms with van der Waals surface area (Å²) in [6, 6.07) is 4.70. The summed E-state index contributed by atoms with van der Waals surface area (Å²) >= 11 is 1.16. The van der Waals surface area contributed by atoms with Crippen molar-refractivity contribution in [2.24, 2.45) is 0 Å². The smallest absolute Gasteiger partial charge is 0.260 e. The highest BCUT2D eigenvalue weighted by Gasteiger charge is 2.23. The molecule has 5 rings (SSSR count). The van der Waals surface area contributed by atoms with Gasteiger partial charge in [-0.05, 0) is 32.9 Å². The minimum atomic E-state index is 0.441. The van der Waals surface area contributed by atoms with E-state index >= 15 is 0 Å². The number of rotatable bonds is 4. The van der Waals surface area contributed by atoms with Gasteiger partial charge < -0.3 is 20.3 Å². The van der Waals surface area contributed by atoms with Crippen LogP contribution in [0, 0.1) is 6.92 Å². The van der Waals surface area contributed by atoms with Crippen LogP contribution in [0.3, 0.4) is 0 Å². The normalized spacial score (nSPS) is 18.2. The molecule has 4 aromatic rings. The van der Waals surface area contributed by atoms with Crippen LogP contribution in [0.2, 0.25) is 0 Å². The molecule has 11 heteroatoms. The molecule has 0 bridgehead atoms. The zero-order valence-corrected chi connectivity index (χ0v) is 20.2. The fourth-order valence-corrected chi connectivity index (χ4v) is 4.67. The highest BCUT2D eigenvalue weighted by Crippen LogP contribution is 2.28. The molecule has 2 unspecified atom stereocenters. The average molecular weight is 469 g/mol. The van der Waals surface area contributed by atoms with E-state index in [1.807, 2.05) is 42.9 Å². The molecule has 0 aliphatic carbocycles. The number of carbonyl (C=O) groups excluding carboxylic acids is 1. The third-order valence-corrected chi connectivity index (χ3v) is 5.96. The van der Waals surface area contributed by atoms with Crippen molar-refractivity contribution in [1.82, 2.24) is 28.4 Å². The Balaban J connectivity index is 0.000000165. The number of piperazine rings is 1. The Bertz CT molecular complexity index is 1260. The fraction of sp³-hybridized carbons (Fsp3) is 0.409. The molecule has 1 aliphatic heterocycles. The number of nitrogens with zero attached hydrogens (tertiary/aromatic N) is 6. The van der Waals surface area contributed by atoms with E-state index in [1.54, 1.807) is 7.11 Å². The van der Waals surface area contributed by atoms with Crippen molar-refractivity contribution in [3.05, 3.63) is 35.8 Å². The zero-order valence-electron chi connectivity index (χ0n) is 19.4. The maximum atomic E-state index is 11.0. The maximum Gasteiger partial charge on any atom is 0.260 e. The molecule has 0 radical (unpaired) electrons. The van der Waals surface area contributed by atoms with E-state index in [4.69, 9.17) is 4.74 Å². The highest BCUT2D eigenvalue weighted by atomic mass is 32.1. The molecule has 2 atom stereocenters. The lowest BCUT2D eigenvalue weighted by molar-refractivity contribution is 0.112. The molecule has 3 aromatic heterocycles. The van der Waals surface area contributed by atoms with Gasteiger partial charge in [0.2, 0.25) is 5.65 Å². The van der Waals surface area contributed by atoms with Crippen LogP contribution in [0.15, 0.2) is 24.5 Å². The van der Waals surface area contributed by atoms with Gasteiger partial charge in [0.25, 0.3) is 5.88 Å². The summed E-state index contributed by atoms with van der Waals surface area (Å²) in [7, 11) is 3.41. The van der Waals surface area contributed by atoms with Gasteiger partial charge in [0.05, 0.1) is 36.4 Å². The van der Waals surface area contributed by atoms with Crippen molar-refractivity contribution in [2.45, 2.75) is 32.9 Å². The number of aryl methyl sites for hydroxylation is 1. The molecular weight excluding hydrogens is 440 g/mol. The van der Waals surface area contributed by atoms with Gasteiger partial charge in [-0.25, -0.2) is 4.98 Å². The lowest BCUT2D eigenvalue weighted by Gasteiger charge is -2.37. The Morgan fingerprint density at radius 2 is 1.88 bits per heavy atom. The van der Waals surface area contributed by atoms with Crippen LogP contribution >= 0.6 is 11.7 Å². The maximum absolute atomic E-state index is 11.0. The Labute approximate surface area is 196 Å². The summed E-state index contributed by atoms with van der Waals surface area (Å²) in [5.74, 6) is 1.29. The predicted molar refractivity (Wildman–Crippen MR) is 131 cm³/mol. The molecule has 10 nitrogen and oxygen atoms in total. The number of imidazole rings is 1. The number of hydrogen-bond acceptors (Lipinski definition) is 10. The van der Waals surface area contributed by atoms with Gasteiger partial charge in [0, 0.05) is 44.0 Å². The van der Waals surface area contributed by atoms with Gasteiger partial charge in [0.1, 0.15) is 16.9 Å². The van der Waals surface area contributed by atoms with E-state index in [2.05, 4.69) is 48.1 Å². The predicted octanol–water partition coefficient (Wildman–Crippen LogP) is 2.78. The molecule has 33 heavy (non-hydrogen) atoms. The van der Waals surface area contributed by atoms with E-state index in [0.29, 0.717) is 23.5 Å². The molecule has 0 amide bonds. The summed E-state index contributed by atoms with van der Waals surface area (Å²) < 4.78 is 15.6. The van der Waals surface area contributed by atoms with Gasteiger partial charge in [-0.1, -0.05) is 0 Å². The Kier molecular flexibility index (Phi) is 6.70. The summed E-state index contributed by atoms with van der Waals surface area (Å²) in [6.07, 6.45) is 4.65. The van der Waals surface area contributed by atoms with Gasteiger partial charge in [-0.3, -0.25) is 9.20 Å². The van der Waals surface area contributed by atoms with Gasteiger partial charge in [-0.2, -0.15) is 13.7 Å². The number of ether oxygens (including phenoxy) is 1. The molecular formula is C22H28N8O2S. The van der Waals surface area contributed by atoms with Crippen molar-refractivity contribution in [1.29, 1.82) is 0 Å². The summed E-state index contributed by atoms with van der Waals surface area (Å²) in [6.45, 7) is 8.18. The van der Waals surface area contributed by atoms with Crippen LogP contribution in [-0.4, -0.2) is 68.7 Å². The van der Waals surface area contributed by atoms with Crippen LogP contribution in [0.4, 0.5) is 11.5 Å². The molecule has 1 saturated heterocycles. The standard InChI is InChI=1S/C13H16N4OS.C9H12N4O/c1-8-5-17(6-9(2)14-8)11-4-3-10(7-18)12-13(11)16-19-15-12;1-6-4-13-5-7(10-2)12-9(14-3)8(13)11-6/h3-4,7-9,14H,5-6H2,1-2H3;4-5,10H,1-3H3. The van der Waals surface area contributed by atoms with Crippen molar-refractivity contribution < 1.29 is 9.53 Å². The topological polar surface area (TPSA) is 110 Å². The molecule has 174 valence electrons. The first-order valence-electron chi connectivity index (χ1n) is 10.7. The quantitative estimate of drug-likeness (QED) is 0.437. The van der Waals surface area contributed by atoms with Crippen molar-refractivity contribution in [3.8, 4) is 5.88 Å². The van der Waals surface area contributed by atoms with E-state index in [1.165, 1.54) is 0 Å². The molecule has 1 fully saturated rings. The van der Waals surface area contributed by atoms with E-state index < -0.39 is 0 Å². The minimum Gasteiger partial charge on any atom is -0.478 e. The van der Waals surface area contributed by atoms with Crippen molar-refractivity contribution in [3.63, 3.8) is 0 Å². The number of fused-ring (bicyclic) bond motifs is 2. The second-order valence-corrected chi connectivity index (χ2v) is 8.65. The number of benzene rings is 1. The number of hydrogen-bond donors (Lipinski definition) is 2. The second-order valence-electron chi connectivity index (χ2n) is 8.13. The Morgan fingerprint density at radius 1 is 1.15 bits per heavy atom. The lowest BCUT2D eigenvalue weighted by atomic mass is 10.1. The average Bonchev–Trinajstić information content (AvgIpc) is 3.43. The number of nitrogens with one attached hydrogen (secondary N) is 2. The lowest BCUT2D eigenvalue weighted by Crippen LogP contribution is -2.54. The van der Waals surface area contributed by atoms with Crippen molar-refractivity contribution in [2.75, 3.05) is 37.5 Å². The molecule has 0 spiro atoms. The second kappa shape index (κ2) is 9.67. The van der Waals surface area contributed by atoms with Gasteiger partial charge in [0.15, 0.2) is 6.29 Å². The number of carbonyl (C=O) groups is 1. The van der Waals surface area contributed by atoms with E-state index in [9.17, 15) is 4.79 Å². The molecule has 0 saturated carbocycles. The Hall–Kier alpha value is -3.31. The summed E-state index contributed by atoms with van der Waals surface area (Å²) in [5.41, 5.74) is 4.94. The summed E-state index contributed by atoms with van der Waals surface area (Å²) in [4.78, 5) is 21.9. The van der Waals surface area contributed by atoms with Crippen molar-refractivity contribution >= 4 is 46.2 Å². The number of aldehydes is 1. The van der Waals surface area contributed by atoms with Crippen LogP contribution in [0.25, 0.3) is 16.7 Å². The fourth-order valence-electron chi connectivity index (χ4n) is 4.10. The monoisotopic (exact) mass is 468 g/mol. The van der Waals surface area contributed by atoms with Gasteiger partial charge >= 0.3 is 0 Å². The molecule has 1 aliphatic rings. The third kappa shape index (κ3) is 4.74. The van der Waals surface area contributed by atoms with Crippen LogP contribution in [0.1, 0.15) is 29.9 Å². The number of methoxy groups -OCH3 is 1. The van der Waals surface area contributed by atoms with E-state index in [0.717, 1.165) is 65.0 Å². The van der Waals surface area contributed by atoms with E-state index in [-0.39, 0.29) is 0 Å². The highest BCUT2D eigenvalue weighted by molar-refractivity contribution is 7.00. The first kappa shape index (κ1) is 22.9. The summed E-state index contributed by atoms with van der Waals surface area (Å²) in [5, 5.41) is 6.48. The first-order valence-corrected chi connectivity index (χ1v) is 11.5. The largest absolute Gasteiger partial charge is 0.478 e. The van der Waals surface area contributed by atoms with Crippen LogP contribution in [-0.2, 0) is 0 Å². The van der Waals surface area contributed by atoms with Crippen LogP contribution in [0.5, 0.6) is 5.88 Å². The minimum absolute atomic E-state index is 0.441. The zero-order chi connectivity index (χ0) is 23.5. The van der Waals surface area contributed by atoms with Crippen LogP contribution < -0.4 is 20.3 Å². The molecule has 4 heterocycles. The Morgan fingerprint density at radius 3 is 2.55 bits per heavy atom. The first-order chi connectivity index (χ1) is 15.9. The molecule has 1 aromatic carbocycles. The third-order valence-electron chi connectivity index (χ3n) is 5.43. The number of aromatic nitrogens is 5. The number of anilines is 2.